The van der Waals surface area contributed by atoms with Crippen molar-refractivity contribution < 1.29 is 4.79 Å². The number of thioether (sulfide) groups is 1. The summed E-state index contributed by atoms with van der Waals surface area (Å²) in [5.41, 5.74) is 3.60. The van der Waals surface area contributed by atoms with Crippen LogP contribution in [0.1, 0.15) is 18.1 Å². The molecule has 0 aliphatic heterocycles. The molecule has 0 radical (unpaired) electrons. The van der Waals surface area contributed by atoms with Crippen molar-refractivity contribution in [3.05, 3.63) is 87.5 Å². The molecule has 152 valence electrons. The summed E-state index contributed by atoms with van der Waals surface area (Å²) in [6.07, 6.45) is 0.958. The van der Waals surface area contributed by atoms with Crippen LogP contribution in [0.5, 0.6) is 0 Å². The predicted octanol–water partition coefficient (Wildman–Crippen LogP) is 4.80. The average Bonchev–Trinajstić information content (AvgIpc) is 3.25. The Morgan fingerprint density at radius 3 is 2.57 bits per heavy atom. The smallest absolute Gasteiger partial charge is 0.272 e. The first kappa shape index (κ1) is 20.4. The van der Waals surface area contributed by atoms with Crippen molar-refractivity contribution in [2.24, 2.45) is 0 Å². The fourth-order valence-corrected chi connectivity index (χ4v) is 4.67. The van der Waals surface area contributed by atoms with Gasteiger partial charge in [-0.05, 0) is 41.1 Å². The van der Waals surface area contributed by atoms with E-state index in [1.165, 1.54) is 28.7 Å². The molecule has 1 N–H and O–H groups in total. The van der Waals surface area contributed by atoms with E-state index < -0.39 is 0 Å². The zero-order chi connectivity index (χ0) is 20.9. The lowest BCUT2D eigenvalue weighted by molar-refractivity contribution is -0.113. The van der Waals surface area contributed by atoms with Crippen molar-refractivity contribution in [3.63, 3.8) is 0 Å². The topological polar surface area (TPSA) is 64.0 Å². The molecule has 2 aromatic carbocycles. The lowest BCUT2D eigenvalue weighted by Gasteiger charge is -2.12. The van der Waals surface area contributed by atoms with E-state index in [0.29, 0.717) is 21.9 Å². The van der Waals surface area contributed by atoms with E-state index in [9.17, 15) is 9.59 Å². The molecule has 0 spiro atoms. The predicted molar refractivity (Wildman–Crippen MR) is 125 cm³/mol. The van der Waals surface area contributed by atoms with Gasteiger partial charge in [0.15, 0.2) is 5.16 Å². The first-order chi connectivity index (χ1) is 14.6. The fourth-order valence-electron chi connectivity index (χ4n) is 3.09. The Bertz CT molecular complexity index is 1210. The van der Waals surface area contributed by atoms with Crippen LogP contribution in [-0.4, -0.2) is 21.2 Å². The van der Waals surface area contributed by atoms with Crippen LogP contribution in [0.15, 0.2) is 76.0 Å². The average molecular weight is 436 g/mol. The molecule has 0 aliphatic carbocycles. The van der Waals surface area contributed by atoms with Crippen LogP contribution in [-0.2, 0) is 17.8 Å². The van der Waals surface area contributed by atoms with Gasteiger partial charge in [-0.2, -0.15) is 0 Å². The number of thiophene rings is 1. The molecular formula is C23H21N3O2S2. The van der Waals surface area contributed by atoms with E-state index in [1.54, 1.807) is 4.57 Å². The Morgan fingerprint density at radius 1 is 1.07 bits per heavy atom. The van der Waals surface area contributed by atoms with Crippen molar-refractivity contribution >= 4 is 44.9 Å². The maximum atomic E-state index is 13.0. The third-order valence-electron chi connectivity index (χ3n) is 4.69. The number of aryl methyl sites for hydroxylation is 1. The van der Waals surface area contributed by atoms with Gasteiger partial charge in [-0.25, -0.2) is 4.98 Å². The molecule has 0 aliphatic rings. The largest absolute Gasteiger partial charge is 0.325 e. The number of benzene rings is 2. The van der Waals surface area contributed by atoms with Crippen LogP contribution >= 0.6 is 23.1 Å². The molecule has 0 saturated carbocycles. The minimum absolute atomic E-state index is 0.0723. The van der Waals surface area contributed by atoms with Gasteiger partial charge in [0.1, 0.15) is 4.70 Å². The molecule has 30 heavy (non-hydrogen) atoms. The molecule has 4 rings (SSSR count). The Balaban J connectivity index is 1.54. The number of rotatable bonds is 7. The van der Waals surface area contributed by atoms with Crippen LogP contribution in [0.3, 0.4) is 0 Å². The second-order valence-electron chi connectivity index (χ2n) is 6.79. The highest BCUT2D eigenvalue weighted by Crippen LogP contribution is 2.22. The van der Waals surface area contributed by atoms with Gasteiger partial charge in [0.2, 0.25) is 5.91 Å². The minimum Gasteiger partial charge on any atom is -0.325 e. The number of anilines is 1. The summed E-state index contributed by atoms with van der Waals surface area (Å²) in [6.45, 7) is 2.51. The number of amides is 1. The molecule has 5 nitrogen and oxygen atoms in total. The highest BCUT2D eigenvalue weighted by atomic mass is 32.2. The number of aromatic nitrogens is 2. The number of nitrogens with zero attached hydrogens (tertiary/aromatic N) is 2. The van der Waals surface area contributed by atoms with Crippen molar-refractivity contribution in [1.82, 2.24) is 9.55 Å². The van der Waals surface area contributed by atoms with Gasteiger partial charge >= 0.3 is 0 Å². The molecule has 2 heterocycles. The number of hydrogen-bond donors (Lipinski definition) is 1. The summed E-state index contributed by atoms with van der Waals surface area (Å²) in [6, 6.07) is 19.5. The Morgan fingerprint density at radius 2 is 1.83 bits per heavy atom. The molecule has 1 amide bonds. The molecule has 0 fully saturated rings. The van der Waals surface area contributed by atoms with Gasteiger partial charge < -0.3 is 5.32 Å². The zero-order valence-corrected chi connectivity index (χ0v) is 18.1. The number of fused-ring (bicyclic) bond motifs is 1. The van der Waals surface area contributed by atoms with E-state index in [2.05, 4.69) is 17.2 Å². The van der Waals surface area contributed by atoms with Gasteiger partial charge in [0.05, 0.1) is 17.8 Å². The van der Waals surface area contributed by atoms with Gasteiger partial charge in [-0.1, -0.05) is 61.2 Å². The van der Waals surface area contributed by atoms with Crippen LogP contribution in [0.2, 0.25) is 0 Å². The second-order valence-corrected chi connectivity index (χ2v) is 8.65. The van der Waals surface area contributed by atoms with E-state index in [1.807, 2.05) is 66.0 Å². The molecule has 0 bridgehead atoms. The highest BCUT2D eigenvalue weighted by molar-refractivity contribution is 7.99. The first-order valence-electron chi connectivity index (χ1n) is 9.67. The normalized spacial score (nSPS) is 11.0. The SMILES string of the molecule is CCc1ccc(NC(=O)CSc2nc3ccsc3c(=O)n2Cc2ccccc2)cc1. The van der Waals surface area contributed by atoms with E-state index in [0.717, 1.165) is 17.7 Å². The summed E-state index contributed by atoms with van der Waals surface area (Å²) in [7, 11) is 0. The van der Waals surface area contributed by atoms with E-state index in [-0.39, 0.29) is 17.2 Å². The summed E-state index contributed by atoms with van der Waals surface area (Å²) < 4.78 is 2.29. The van der Waals surface area contributed by atoms with Crippen molar-refractivity contribution in [2.45, 2.75) is 25.0 Å². The molecule has 2 aromatic heterocycles. The molecule has 4 aromatic rings. The van der Waals surface area contributed by atoms with Gasteiger partial charge in [0, 0.05) is 5.69 Å². The standard InChI is InChI=1S/C23H21N3O2S2/c1-2-16-8-10-18(11-9-16)24-20(27)15-30-23-25-19-12-13-29-21(19)22(28)26(23)14-17-6-4-3-5-7-17/h3-13H,2,14-15H2,1H3,(H,24,27). The number of nitrogens with one attached hydrogen (secondary N) is 1. The monoisotopic (exact) mass is 435 g/mol. The summed E-state index contributed by atoms with van der Waals surface area (Å²) >= 11 is 2.67. The maximum Gasteiger partial charge on any atom is 0.272 e. The van der Waals surface area contributed by atoms with Gasteiger partial charge in [-0.15, -0.1) is 11.3 Å². The molecule has 0 unspecified atom stereocenters. The van der Waals surface area contributed by atoms with Gasteiger partial charge in [0.25, 0.3) is 5.56 Å². The third-order valence-corrected chi connectivity index (χ3v) is 6.56. The number of carbonyl (C=O) groups is 1. The Hall–Kier alpha value is -2.90. The third kappa shape index (κ3) is 4.63. The Kier molecular flexibility index (Phi) is 6.30. The van der Waals surface area contributed by atoms with Crippen LogP contribution in [0, 0.1) is 0 Å². The fraction of sp³-hybridized carbons (Fsp3) is 0.174. The van der Waals surface area contributed by atoms with E-state index in [4.69, 9.17) is 0 Å². The summed E-state index contributed by atoms with van der Waals surface area (Å²) in [5.74, 6) is 0.0436. The van der Waals surface area contributed by atoms with Crippen LogP contribution in [0.25, 0.3) is 10.2 Å². The van der Waals surface area contributed by atoms with Crippen molar-refractivity contribution in [2.75, 3.05) is 11.1 Å². The number of carbonyl (C=O) groups excluding carboxylic acids is 1. The molecule has 0 atom stereocenters. The van der Waals surface area contributed by atoms with Crippen LogP contribution in [0.4, 0.5) is 5.69 Å². The first-order valence-corrected chi connectivity index (χ1v) is 11.5. The highest BCUT2D eigenvalue weighted by Gasteiger charge is 2.15. The van der Waals surface area contributed by atoms with Crippen molar-refractivity contribution in [1.29, 1.82) is 0 Å². The van der Waals surface area contributed by atoms with Crippen molar-refractivity contribution in [3.8, 4) is 0 Å². The maximum absolute atomic E-state index is 13.0. The van der Waals surface area contributed by atoms with E-state index >= 15 is 0 Å². The molecular weight excluding hydrogens is 414 g/mol. The van der Waals surface area contributed by atoms with Crippen LogP contribution < -0.4 is 10.9 Å². The minimum atomic E-state index is -0.129. The summed E-state index contributed by atoms with van der Waals surface area (Å²) in [5, 5.41) is 5.32. The Labute approximate surface area is 182 Å². The lowest BCUT2D eigenvalue weighted by Crippen LogP contribution is -2.24. The molecule has 0 saturated heterocycles. The lowest BCUT2D eigenvalue weighted by atomic mass is 10.1. The van der Waals surface area contributed by atoms with Gasteiger partial charge in [-0.3, -0.25) is 14.2 Å². The number of hydrogen-bond acceptors (Lipinski definition) is 5. The summed E-state index contributed by atoms with van der Waals surface area (Å²) in [4.78, 5) is 30.1. The molecule has 7 heteroatoms. The zero-order valence-electron chi connectivity index (χ0n) is 16.5. The second kappa shape index (κ2) is 9.28. The quantitative estimate of drug-likeness (QED) is 0.335.